The molecule has 16 heavy (non-hydrogen) atoms. The van der Waals surface area contributed by atoms with Gasteiger partial charge in [-0.3, -0.25) is 4.79 Å². The van der Waals surface area contributed by atoms with Crippen LogP contribution in [0.5, 0.6) is 0 Å². The van der Waals surface area contributed by atoms with Crippen LogP contribution in [0.3, 0.4) is 0 Å². The molecule has 1 aliphatic heterocycles. The van der Waals surface area contributed by atoms with Crippen molar-refractivity contribution < 1.29 is 9.53 Å². The lowest BCUT2D eigenvalue weighted by Crippen LogP contribution is -2.30. The number of carbonyl (C=O) groups is 1. The second-order valence-corrected chi connectivity index (χ2v) is 4.81. The third kappa shape index (κ3) is 5.61. The minimum atomic E-state index is 0.388. The molecule has 0 bridgehead atoms. The number of Topliss-reactive ketones (excluding diaryl/α,β-unsaturated/α-hetero) is 1. The van der Waals surface area contributed by atoms with Crippen molar-refractivity contribution in [3.63, 3.8) is 0 Å². The van der Waals surface area contributed by atoms with E-state index in [1.54, 1.807) is 0 Å². The Morgan fingerprint density at radius 3 is 2.69 bits per heavy atom. The first-order valence-electron chi connectivity index (χ1n) is 6.50. The average Bonchev–Trinajstić information content (AvgIpc) is 2.30. The van der Waals surface area contributed by atoms with Gasteiger partial charge in [-0.25, -0.2) is 0 Å². The Hall–Kier alpha value is -0.410. The highest BCUT2D eigenvalue weighted by atomic mass is 16.5. The van der Waals surface area contributed by atoms with E-state index in [2.05, 4.69) is 11.9 Å². The molecule has 1 fully saturated rings. The molecule has 0 atom stereocenters. The van der Waals surface area contributed by atoms with Gasteiger partial charge in [0.1, 0.15) is 5.78 Å². The van der Waals surface area contributed by atoms with Gasteiger partial charge in [0.15, 0.2) is 0 Å². The summed E-state index contributed by atoms with van der Waals surface area (Å²) in [5, 5.41) is 0. The van der Waals surface area contributed by atoms with Crippen molar-refractivity contribution in [2.75, 3.05) is 33.4 Å². The molecule has 94 valence electrons. The molecule has 3 heteroatoms. The van der Waals surface area contributed by atoms with Crippen LogP contribution in [0.1, 0.15) is 39.0 Å². The monoisotopic (exact) mass is 227 g/mol. The van der Waals surface area contributed by atoms with Crippen molar-refractivity contribution in [2.24, 2.45) is 5.92 Å². The molecule has 0 amide bonds. The maximum absolute atomic E-state index is 11.1. The first kappa shape index (κ1) is 13.7. The van der Waals surface area contributed by atoms with Crippen molar-refractivity contribution >= 4 is 5.78 Å². The molecule has 1 heterocycles. The van der Waals surface area contributed by atoms with E-state index in [1.807, 2.05) is 6.92 Å². The molecule has 0 saturated carbocycles. The summed E-state index contributed by atoms with van der Waals surface area (Å²) in [5.74, 6) is 1.18. The van der Waals surface area contributed by atoms with Gasteiger partial charge < -0.3 is 9.64 Å². The van der Waals surface area contributed by atoms with Gasteiger partial charge in [0.2, 0.25) is 0 Å². The lowest BCUT2D eigenvalue weighted by atomic mass is 10.00. The molecule has 1 saturated heterocycles. The summed E-state index contributed by atoms with van der Waals surface area (Å²) < 4.78 is 5.35. The summed E-state index contributed by atoms with van der Waals surface area (Å²) in [7, 11) is 2.16. The normalized spacial score (nSPS) is 17.9. The number of hydrogen-bond acceptors (Lipinski definition) is 3. The smallest absolute Gasteiger partial charge is 0.132 e. The number of nitrogens with zero attached hydrogens (tertiary/aromatic N) is 1. The van der Waals surface area contributed by atoms with E-state index in [4.69, 9.17) is 4.74 Å². The van der Waals surface area contributed by atoms with E-state index < -0.39 is 0 Å². The third-order valence-electron chi connectivity index (χ3n) is 3.30. The Bertz CT molecular complexity index is 200. The van der Waals surface area contributed by atoms with Crippen molar-refractivity contribution in [3.8, 4) is 0 Å². The molecule has 3 nitrogen and oxygen atoms in total. The maximum atomic E-state index is 11.1. The van der Waals surface area contributed by atoms with E-state index in [1.165, 1.54) is 12.8 Å². The molecular formula is C13H25NO2. The van der Waals surface area contributed by atoms with Crippen molar-refractivity contribution in [1.82, 2.24) is 4.90 Å². The fourth-order valence-electron chi connectivity index (χ4n) is 2.18. The van der Waals surface area contributed by atoms with Crippen LogP contribution in [0, 0.1) is 5.92 Å². The summed E-state index contributed by atoms with van der Waals surface area (Å²) >= 11 is 0. The van der Waals surface area contributed by atoms with Gasteiger partial charge in [0, 0.05) is 32.6 Å². The Labute approximate surface area is 99.1 Å². The first-order valence-corrected chi connectivity index (χ1v) is 6.50. The number of rotatable bonds is 7. The van der Waals surface area contributed by atoms with Gasteiger partial charge in [0.25, 0.3) is 0 Å². The van der Waals surface area contributed by atoms with E-state index in [9.17, 15) is 4.79 Å². The number of ether oxygens (including phenoxy) is 1. The van der Waals surface area contributed by atoms with Gasteiger partial charge in [-0.2, -0.15) is 0 Å². The number of ketones is 1. The van der Waals surface area contributed by atoms with Gasteiger partial charge in [-0.15, -0.1) is 0 Å². The van der Waals surface area contributed by atoms with Crippen molar-refractivity contribution in [3.05, 3.63) is 0 Å². The van der Waals surface area contributed by atoms with E-state index in [-0.39, 0.29) is 0 Å². The third-order valence-corrected chi connectivity index (χ3v) is 3.30. The van der Waals surface area contributed by atoms with Gasteiger partial charge in [0.05, 0.1) is 0 Å². The molecule has 0 radical (unpaired) electrons. The van der Waals surface area contributed by atoms with Gasteiger partial charge >= 0.3 is 0 Å². The minimum absolute atomic E-state index is 0.388. The molecule has 1 aliphatic rings. The first-order chi connectivity index (χ1) is 7.72. The predicted molar refractivity (Wildman–Crippen MR) is 65.6 cm³/mol. The molecule has 0 aliphatic carbocycles. The van der Waals surface area contributed by atoms with E-state index in [0.29, 0.717) is 12.2 Å². The minimum Gasteiger partial charge on any atom is -0.381 e. The standard InChI is InChI=1S/C13H25NO2/c1-3-13(15)5-4-8-14(2)11-12-6-9-16-10-7-12/h12H,3-11H2,1-2H3. The number of carbonyl (C=O) groups excluding carboxylic acids is 1. The zero-order valence-corrected chi connectivity index (χ0v) is 10.7. The summed E-state index contributed by atoms with van der Waals surface area (Å²) in [6.07, 6.45) is 4.82. The highest BCUT2D eigenvalue weighted by Crippen LogP contribution is 2.15. The topological polar surface area (TPSA) is 29.5 Å². The maximum Gasteiger partial charge on any atom is 0.132 e. The highest BCUT2D eigenvalue weighted by molar-refractivity contribution is 5.77. The molecule has 0 aromatic heterocycles. The second kappa shape index (κ2) is 7.80. The molecule has 0 unspecified atom stereocenters. The SMILES string of the molecule is CCC(=O)CCCN(C)CC1CCOCC1. The lowest BCUT2D eigenvalue weighted by Gasteiger charge is -2.27. The molecule has 0 N–H and O–H groups in total. The molecule has 0 spiro atoms. The summed E-state index contributed by atoms with van der Waals surface area (Å²) in [6, 6.07) is 0. The average molecular weight is 227 g/mol. The summed E-state index contributed by atoms with van der Waals surface area (Å²) in [5.41, 5.74) is 0. The van der Waals surface area contributed by atoms with Crippen molar-refractivity contribution in [1.29, 1.82) is 0 Å². The Morgan fingerprint density at radius 2 is 2.06 bits per heavy atom. The van der Waals surface area contributed by atoms with E-state index in [0.717, 1.165) is 45.1 Å². The van der Waals surface area contributed by atoms with Crippen LogP contribution < -0.4 is 0 Å². The van der Waals surface area contributed by atoms with Gasteiger partial charge in [-0.05, 0) is 38.8 Å². The van der Waals surface area contributed by atoms with Crippen LogP contribution in [0.15, 0.2) is 0 Å². The van der Waals surface area contributed by atoms with Crippen LogP contribution in [0.2, 0.25) is 0 Å². The van der Waals surface area contributed by atoms with Gasteiger partial charge in [-0.1, -0.05) is 6.92 Å². The quantitative estimate of drug-likeness (QED) is 0.667. The van der Waals surface area contributed by atoms with Crippen LogP contribution in [-0.4, -0.2) is 44.0 Å². The zero-order chi connectivity index (χ0) is 11.8. The second-order valence-electron chi connectivity index (χ2n) is 4.81. The van der Waals surface area contributed by atoms with Crippen LogP contribution in [0.25, 0.3) is 0 Å². The Morgan fingerprint density at radius 1 is 1.38 bits per heavy atom. The number of hydrogen-bond donors (Lipinski definition) is 0. The molecule has 0 aromatic carbocycles. The largest absolute Gasteiger partial charge is 0.381 e. The fourth-order valence-corrected chi connectivity index (χ4v) is 2.18. The summed E-state index contributed by atoms with van der Waals surface area (Å²) in [6.45, 7) is 5.99. The lowest BCUT2D eigenvalue weighted by molar-refractivity contribution is -0.118. The Kier molecular flexibility index (Phi) is 6.65. The predicted octanol–water partition coefficient (Wildman–Crippen LogP) is 2.10. The fraction of sp³-hybridized carbons (Fsp3) is 0.923. The van der Waals surface area contributed by atoms with Crippen LogP contribution in [-0.2, 0) is 9.53 Å². The van der Waals surface area contributed by atoms with Crippen LogP contribution in [0.4, 0.5) is 0 Å². The highest BCUT2D eigenvalue weighted by Gasteiger charge is 2.15. The summed E-state index contributed by atoms with van der Waals surface area (Å²) in [4.78, 5) is 13.5. The molecule has 0 aromatic rings. The van der Waals surface area contributed by atoms with E-state index >= 15 is 0 Å². The van der Waals surface area contributed by atoms with Crippen molar-refractivity contribution in [2.45, 2.75) is 39.0 Å². The Balaban J connectivity index is 2.05. The molecular weight excluding hydrogens is 202 g/mol. The molecule has 1 rings (SSSR count). The van der Waals surface area contributed by atoms with Crippen LogP contribution >= 0.6 is 0 Å². The zero-order valence-electron chi connectivity index (χ0n) is 10.7.